The first-order valence-corrected chi connectivity index (χ1v) is 9.99. The van der Waals surface area contributed by atoms with E-state index in [4.69, 9.17) is 0 Å². The minimum absolute atomic E-state index is 0. The normalized spacial score (nSPS) is 20.3. The van der Waals surface area contributed by atoms with Gasteiger partial charge in [0.05, 0.1) is 0 Å². The molecule has 0 spiro atoms. The molecule has 2 N–H and O–H groups in total. The van der Waals surface area contributed by atoms with E-state index in [0.29, 0.717) is 32.6 Å². The van der Waals surface area contributed by atoms with Crippen molar-refractivity contribution in [2.24, 2.45) is 0 Å². The summed E-state index contributed by atoms with van der Waals surface area (Å²) in [5.74, 6) is 2.32. The van der Waals surface area contributed by atoms with Crippen LogP contribution >= 0.6 is 24.2 Å². The average Bonchev–Trinajstić information content (AvgIpc) is 2.62. The molecule has 2 saturated heterocycles. The number of hydrogen-bond donors (Lipinski definition) is 2. The molecule has 2 aliphatic rings. The minimum Gasteiger partial charge on any atom is -0.339 e. The van der Waals surface area contributed by atoms with Crippen LogP contribution in [0.5, 0.6) is 0 Å². The molecule has 2 aliphatic heterocycles. The van der Waals surface area contributed by atoms with Crippen molar-refractivity contribution in [2.75, 3.05) is 49.5 Å². The summed E-state index contributed by atoms with van der Waals surface area (Å²) in [6.45, 7) is 5.36. The van der Waals surface area contributed by atoms with E-state index in [1.807, 2.05) is 47.9 Å². The van der Waals surface area contributed by atoms with Gasteiger partial charge in [0, 0.05) is 62.4 Å². The van der Waals surface area contributed by atoms with E-state index in [9.17, 15) is 9.59 Å². The number of hydrogen-bond acceptors (Lipinski definition) is 4. The Kier molecular flexibility index (Phi) is 8.06. The van der Waals surface area contributed by atoms with Crippen LogP contribution in [0.4, 0.5) is 10.5 Å². The van der Waals surface area contributed by atoms with Crippen molar-refractivity contribution in [3.8, 4) is 0 Å². The molecule has 2 fully saturated rings. The van der Waals surface area contributed by atoms with Gasteiger partial charge in [-0.2, -0.15) is 11.8 Å². The number of urea groups is 1. The van der Waals surface area contributed by atoms with Crippen molar-refractivity contribution in [2.45, 2.75) is 19.4 Å². The number of carbonyl (C=O) groups excluding carboxylic acids is 2. The lowest BCUT2D eigenvalue weighted by Crippen LogP contribution is -2.53. The van der Waals surface area contributed by atoms with E-state index >= 15 is 0 Å². The van der Waals surface area contributed by atoms with Gasteiger partial charge in [-0.1, -0.05) is 12.1 Å². The molecule has 8 heteroatoms. The van der Waals surface area contributed by atoms with Crippen LogP contribution in [0.15, 0.2) is 24.3 Å². The van der Waals surface area contributed by atoms with Gasteiger partial charge in [0.2, 0.25) is 5.91 Å². The van der Waals surface area contributed by atoms with Crippen LogP contribution in [0.25, 0.3) is 0 Å². The Hall–Kier alpha value is -1.44. The number of aryl methyl sites for hydroxylation is 1. The summed E-state index contributed by atoms with van der Waals surface area (Å²) in [5, 5.41) is 6.34. The van der Waals surface area contributed by atoms with Crippen molar-refractivity contribution in [3.05, 3.63) is 29.8 Å². The molecule has 2 heterocycles. The molecule has 144 valence electrons. The second-order valence-electron chi connectivity index (χ2n) is 6.60. The number of rotatable bonds is 3. The number of thioether (sulfide) groups is 1. The predicted molar refractivity (Wildman–Crippen MR) is 109 cm³/mol. The molecular formula is C18H27ClN4O2S. The van der Waals surface area contributed by atoms with Gasteiger partial charge >= 0.3 is 6.03 Å². The van der Waals surface area contributed by atoms with Crippen molar-refractivity contribution in [1.29, 1.82) is 0 Å². The van der Waals surface area contributed by atoms with Crippen molar-refractivity contribution < 1.29 is 9.59 Å². The fraction of sp³-hybridized carbons (Fsp3) is 0.556. The Balaban J connectivity index is 0.00000243. The molecule has 1 aromatic carbocycles. The molecule has 1 unspecified atom stereocenters. The highest BCUT2D eigenvalue weighted by atomic mass is 35.5. The second kappa shape index (κ2) is 10.0. The molecule has 3 amide bonds. The van der Waals surface area contributed by atoms with Gasteiger partial charge in [-0.05, 0) is 24.6 Å². The number of carbonyl (C=O) groups is 2. The third-order valence-corrected chi connectivity index (χ3v) is 5.74. The van der Waals surface area contributed by atoms with Crippen LogP contribution in [0.3, 0.4) is 0 Å². The number of piperazine rings is 1. The molecule has 1 aromatic rings. The molecule has 0 aliphatic carbocycles. The lowest BCUT2D eigenvalue weighted by atomic mass is 10.2. The zero-order valence-corrected chi connectivity index (χ0v) is 16.7. The fourth-order valence-electron chi connectivity index (χ4n) is 3.18. The van der Waals surface area contributed by atoms with E-state index in [2.05, 4.69) is 10.6 Å². The monoisotopic (exact) mass is 398 g/mol. The van der Waals surface area contributed by atoms with Crippen LogP contribution in [-0.2, 0) is 4.79 Å². The Morgan fingerprint density at radius 3 is 2.62 bits per heavy atom. The van der Waals surface area contributed by atoms with Gasteiger partial charge in [-0.3, -0.25) is 4.79 Å². The summed E-state index contributed by atoms with van der Waals surface area (Å²) in [6, 6.07) is 7.96. The Bertz CT molecular complexity index is 617. The van der Waals surface area contributed by atoms with Crippen LogP contribution in [-0.4, -0.2) is 72.0 Å². The topological polar surface area (TPSA) is 64.7 Å². The van der Waals surface area contributed by atoms with E-state index < -0.39 is 0 Å². The van der Waals surface area contributed by atoms with Crippen molar-refractivity contribution in [3.63, 3.8) is 0 Å². The van der Waals surface area contributed by atoms with Crippen LogP contribution in [0.1, 0.15) is 12.0 Å². The number of halogens is 1. The van der Waals surface area contributed by atoms with Gasteiger partial charge < -0.3 is 20.4 Å². The third kappa shape index (κ3) is 5.79. The lowest BCUT2D eigenvalue weighted by molar-refractivity contribution is -0.133. The molecule has 0 radical (unpaired) electrons. The molecule has 6 nitrogen and oxygen atoms in total. The summed E-state index contributed by atoms with van der Waals surface area (Å²) in [6.07, 6.45) is 0.558. The quantitative estimate of drug-likeness (QED) is 0.819. The Labute approximate surface area is 165 Å². The molecule has 0 aromatic heterocycles. The highest BCUT2D eigenvalue weighted by Crippen LogP contribution is 2.14. The SMILES string of the molecule is Cc1cccc(NC(=O)N2CCN(C(=O)CC3CSCCN3)CC2)c1.Cl. The van der Waals surface area contributed by atoms with Gasteiger partial charge in [0.25, 0.3) is 0 Å². The van der Waals surface area contributed by atoms with Gasteiger partial charge in [-0.25, -0.2) is 4.79 Å². The Morgan fingerprint density at radius 2 is 1.96 bits per heavy atom. The van der Waals surface area contributed by atoms with Crippen LogP contribution in [0, 0.1) is 6.92 Å². The first kappa shape index (κ1) is 20.9. The number of benzene rings is 1. The van der Waals surface area contributed by atoms with E-state index in [1.54, 1.807) is 4.90 Å². The van der Waals surface area contributed by atoms with Gasteiger partial charge in [0.15, 0.2) is 0 Å². The summed E-state index contributed by atoms with van der Waals surface area (Å²) in [4.78, 5) is 28.5. The molecule has 3 rings (SSSR count). The fourth-order valence-corrected chi connectivity index (χ4v) is 4.12. The number of amides is 3. The highest BCUT2D eigenvalue weighted by Gasteiger charge is 2.26. The number of anilines is 1. The van der Waals surface area contributed by atoms with Crippen LogP contribution in [0.2, 0.25) is 0 Å². The zero-order chi connectivity index (χ0) is 17.6. The molecule has 0 saturated carbocycles. The van der Waals surface area contributed by atoms with E-state index in [0.717, 1.165) is 29.3 Å². The maximum atomic E-state index is 12.4. The van der Waals surface area contributed by atoms with Crippen LogP contribution < -0.4 is 10.6 Å². The summed E-state index contributed by atoms with van der Waals surface area (Å²) >= 11 is 1.90. The second-order valence-corrected chi connectivity index (χ2v) is 7.75. The smallest absolute Gasteiger partial charge is 0.321 e. The van der Waals surface area contributed by atoms with Gasteiger partial charge in [-0.15, -0.1) is 12.4 Å². The molecule has 26 heavy (non-hydrogen) atoms. The highest BCUT2D eigenvalue weighted by molar-refractivity contribution is 7.99. The maximum Gasteiger partial charge on any atom is 0.321 e. The first-order chi connectivity index (χ1) is 12.1. The van der Waals surface area contributed by atoms with Crippen molar-refractivity contribution >= 4 is 41.8 Å². The lowest BCUT2D eigenvalue weighted by Gasteiger charge is -2.35. The molecule has 1 atom stereocenters. The molecule has 0 bridgehead atoms. The van der Waals surface area contributed by atoms with E-state index in [-0.39, 0.29) is 30.4 Å². The zero-order valence-electron chi connectivity index (χ0n) is 15.1. The summed E-state index contributed by atoms with van der Waals surface area (Å²) < 4.78 is 0. The number of nitrogens with one attached hydrogen (secondary N) is 2. The van der Waals surface area contributed by atoms with E-state index in [1.165, 1.54) is 0 Å². The summed E-state index contributed by atoms with van der Waals surface area (Å²) in [7, 11) is 0. The molecular weight excluding hydrogens is 372 g/mol. The van der Waals surface area contributed by atoms with Gasteiger partial charge in [0.1, 0.15) is 0 Å². The largest absolute Gasteiger partial charge is 0.339 e. The summed E-state index contributed by atoms with van der Waals surface area (Å²) in [5.41, 5.74) is 1.92. The van der Waals surface area contributed by atoms with Crippen molar-refractivity contribution in [1.82, 2.24) is 15.1 Å². The Morgan fingerprint density at radius 1 is 1.23 bits per heavy atom. The standard InChI is InChI=1S/C18H26N4O2S.ClH/c1-14-3-2-4-15(11-14)20-18(24)22-8-6-21(7-9-22)17(23)12-16-13-25-10-5-19-16;/h2-4,11,16,19H,5-10,12-13H2,1H3,(H,20,24);1H. The maximum absolute atomic E-state index is 12.4. The number of nitrogens with zero attached hydrogens (tertiary/aromatic N) is 2. The minimum atomic E-state index is -0.0944. The first-order valence-electron chi connectivity index (χ1n) is 8.83. The average molecular weight is 399 g/mol. The third-order valence-electron chi connectivity index (χ3n) is 4.61. The predicted octanol–water partition coefficient (Wildman–Crippen LogP) is 2.19.